The van der Waals surface area contributed by atoms with E-state index in [1.54, 1.807) is 19.1 Å². The van der Waals surface area contributed by atoms with Crippen LogP contribution in [0.15, 0.2) is 24.3 Å². The molecule has 2 saturated heterocycles. The van der Waals surface area contributed by atoms with Crippen LogP contribution in [0.2, 0.25) is 0 Å². The van der Waals surface area contributed by atoms with Gasteiger partial charge in [-0.1, -0.05) is 0 Å². The predicted molar refractivity (Wildman–Crippen MR) is 109 cm³/mol. The van der Waals surface area contributed by atoms with Gasteiger partial charge >= 0.3 is 5.97 Å². The second-order valence-corrected chi connectivity index (χ2v) is 7.43. The molecule has 1 N–H and O–H groups in total. The van der Waals surface area contributed by atoms with Gasteiger partial charge in [-0.3, -0.25) is 4.79 Å². The number of nitrogens with zero attached hydrogens (tertiary/aromatic N) is 2. The van der Waals surface area contributed by atoms with E-state index in [1.807, 2.05) is 17.0 Å². The van der Waals surface area contributed by atoms with Crippen molar-refractivity contribution in [3.63, 3.8) is 0 Å². The van der Waals surface area contributed by atoms with E-state index in [9.17, 15) is 9.59 Å². The third kappa shape index (κ3) is 4.97. The highest BCUT2D eigenvalue weighted by atomic mass is 32.1. The number of amides is 1. The van der Waals surface area contributed by atoms with Crippen LogP contribution in [0.4, 0.5) is 5.69 Å². The standard InChI is InChI=1S/C20H27N3O3S/c1-2-26-19(25)15-7-9-17(10-8-15)21-20(27)23-13-5-6-16(14-23)18(24)22-11-3-4-12-22/h7-10,16H,2-6,11-14H2,1H3,(H,21,27)/t16-/m0/s1. The highest BCUT2D eigenvalue weighted by Crippen LogP contribution is 2.22. The van der Waals surface area contributed by atoms with Crippen LogP contribution in [-0.2, 0) is 9.53 Å². The molecule has 2 aliphatic heterocycles. The molecule has 6 nitrogen and oxygen atoms in total. The Morgan fingerprint density at radius 3 is 2.44 bits per heavy atom. The van der Waals surface area contributed by atoms with Crippen LogP contribution >= 0.6 is 12.2 Å². The zero-order chi connectivity index (χ0) is 19.2. The Morgan fingerprint density at radius 1 is 1.11 bits per heavy atom. The van der Waals surface area contributed by atoms with Gasteiger partial charge in [-0.15, -0.1) is 0 Å². The summed E-state index contributed by atoms with van der Waals surface area (Å²) in [6.45, 7) is 5.45. The molecule has 1 aromatic carbocycles. The fraction of sp³-hybridized carbons (Fsp3) is 0.550. The van der Waals surface area contributed by atoms with Gasteiger partial charge in [-0.05, 0) is 69.1 Å². The Kier molecular flexibility index (Phi) is 6.66. The molecule has 27 heavy (non-hydrogen) atoms. The summed E-state index contributed by atoms with van der Waals surface area (Å²) in [5, 5.41) is 3.84. The molecular weight excluding hydrogens is 362 g/mol. The molecule has 3 rings (SSSR count). The molecule has 1 amide bonds. The first-order valence-electron chi connectivity index (χ1n) is 9.70. The maximum absolute atomic E-state index is 12.7. The number of hydrogen-bond acceptors (Lipinski definition) is 4. The number of carbonyl (C=O) groups excluding carboxylic acids is 2. The van der Waals surface area contributed by atoms with Gasteiger partial charge in [-0.2, -0.15) is 0 Å². The third-order valence-electron chi connectivity index (χ3n) is 5.12. The van der Waals surface area contributed by atoms with Crippen molar-refractivity contribution < 1.29 is 14.3 Å². The Bertz CT molecular complexity index is 686. The molecule has 2 heterocycles. The smallest absolute Gasteiger partial charge is 0.338 e. The lowest BCUT2D eigenvalue weighted by Gasteiger charge is -2.35. The van der Waals surface area contributed by atoms with E-state index >= 15 is 0 Å². The van der Waals surface area contributed by atoms with Crippen LogP contribution in [-0.4, -0.2) is 59.6 Å². The van der Waals surface area contributed by atoms with Crippen LogP contribution in [0.25, 0.3) is 0 Å². The van der Waals surface area contributed by atoms with Crippen LogP contribution in [0.1, 0.15) is 43.0 Å². The molecule has 1 aromatic rings. The van der Waals surface area contributed by atoms with Gasteiger partial charge in [0, 0.05) is 31.9 Å². The van der Waals surface area contributed by atoms with Crippen molar-refractivity contribution in [1.29, 1.82) is 0 Å². The molecular formula is C20H27N3O3S. The van der Waals surface area contributed by atoms with E-state index in [0.717, 1.165) is 51.0 Å². The highest BCUT2D eigenvalue weighted by molar-refractivity contribution is 7.80. The molecule has 1 atom stereocenters. The number of nitrogens with one attached hydrogen (secondary N) is 1. The van der Waals surface area contributed by atoms with Crippen LogP contribution in [0.5, 0.6) is 0 Å². The molecule has 0 saturated carbocycles. The highest BCUT2D eigenvalue weighted by Gasteiger charge is 2.31. The number of piperidine rings is 1. The number of benzene rings is 1. The van der Waals surface area contributed by atoms with Gasteiger partial charge in [0.25, 0.3) is 0 Å². The monoisotopic (exact) mass is 389 g/mol. The number of thiocarbonyl (C=S) groups is 1. The largest absolute Gasteiger partial charge is 0.462 e. The molecule has 0 radical (unpaired) electrons. The first-order valence-corrected chi connectivity index (χ1v) is 10.1. The minimum absolute atomic E-state index is 0.0304. The number of likely N-dealkylation sites (tertiary alicyclic amines) is 2. The summed E-state index contributed by atoms with van der Waals surface area (Å²) in [6.07, 6.45) is 4.13. The topological polar surface area (TPSA) is 61.9 Å². The maximum Gasteiger partial charge on any atom is 0.338 e. The van der Waals surface area contributed by atoms with Crippen molar-refractivity contribution in [2.24, 2.45) is 5.92 Å². The maximum atomic E-state index is 12.7. The van der Waals surface area contributed by atoms with Gasteiger partial charge in [0.05, 0.1) is 18.1 Å². The van der Waals surface area contributed by atoms with Crippen molar-refractivity contribution in [3.05, 3.63) is 29.8 Å². The van der Waals surface area contributed by atoms with Crippen molar-refractivity contribution in [2.45, 2.75) is 32.6 Å². The summed E-state index contributed by atoms with van der Waals surface area (Å²) in [5.74, 6) is -0.0208. The number of carbonyl (C=O) groups is 2. The predicted octanol–water partition coefficient (Wildman–Crippen LogP) is 2.89. The fourth-order valence-corrected chi connectivity index (χ4v) is 3.95. The first kappa shape index (κ1) is 19.6. The zero-order valence-corrected chi connectivity index (χ0v) is 16.6. The van der Waals surface area contributed by atoms with Crippen LogP contribution < -0.4 is 5.32 Å². The van der Waals surface area contributed by atoms with E-state index in [4.69, 9.17) is 17.0 Å². The Labute approximate surface area is 165 Å². The molecule has 7 heteroatoms. The summed E-state index contributed by atoms with van der Waals surface area (Å²) in [6, 6.07) is 7.07. The van der Waals surface area contributed by atoms with Crippen LogP contribution in [0.3, 0.4) is 0 Å². The summed E-state index contributed by atoms with van der Waals surface area (Å²) in [4.78, 5) is 28.5. The summed E-state index contributed by atoms with van der Waals surface area (Å²) in [7, 11) is 0. The summed E-state index contributed by atoms with van der Waals surface area (Å²) < 4.78 is 4.99. The van der Waals surface area contributed by atoms with Crippen molar-refractivity contribution in [3.8, 4) is 0 Å². The van der Waals surface area contributed by atoms with Gasteiger partial charge in [0.15, 0.2) is 5.11 Å². The Balaban J connectivity index is 1.55. The zero-order valence-electron chi connectivity index (χ0n) is 15.8. The number of rotatable bonds is 4. The lowest BCUT2D eigenvalue weighted by atomic mass is 9.97. The molecule has 0 aliphatic carbocycles. The fourth-order valence-electron chi connectivity index (χ4n) is 3.67. The van der Waals surface area contributed by atoms with Crippen LogP contribution in [0, 0.1) is 5.92 Å². The van der Waals surface area contributed by atoms with Crippen molar-refractivity contribution in [2.75, 3.05) is 38.1 Å². The van der Waals surface area contributed by atoms with Crippen molar-refractivity contribution >= 4 is 34.9 Å². The number of anilines is 1. The SMILES string of the molecule is CCOC(=O)c1ccc(NC(=S)N2CCC[C@H](C(=O)N3CCCC3)C2)cc1. The second kappa shape index (κ2) is 9.17. The van der Waals surface area contributed by atoms with Crippen molar-refractivity contribution in [1.82, 2.24) is 9.80 Å². The van der Waals surface area contributed by atoms with E-state index in [0.29, 0.717) is 23.8 Å². The first-order chi connectivity index (χ1) is 13.1. The Hall–Kier alpha value is -2.15. The van der Waals surface area contributed by atoms with E-state index < -0.39 is 0 Å². The molecule has 2 aliphatic rings. The number of esters is 1. The molecule has 146 valence electrons. The van der Waals surface area contributed by atoms with Gasteiger partial charge < -0.3 is 19.9 Å². The Morgan fingerprint density at radius 2 is 1.78 bits per heavy atom. The van der Waals surface area contributed by atoms with Gasteiger partial charge in [0.2, 0.25) is 5.91 Å². The molecule has 0 spiro atoms. The molecule has 0 unspecified atom stereocenters. The van der Waals surface area contributed by atoms with E-state index in [-0.39, 0.29) is 17.8 Å². The molecule has 0 aromatic heterocycles. The average molecular weight is 390 g/mol. The number of hydrogen-bond donors (Lipinski definition) is 1. The van der Waals surface area contributed by atoms with Gasteiger partial charge in [0.1, 0.15) is 0 Å². The third-order valence-corrected chi connectivity index (χ3v) is 5.48. The second-order valence-electron chi connectivity index (χ2n) is 7.05. The number of ether oxygens (including phenoxy) is 1. The minimum Gasteiger partial charge on any atom is -0.462 e. The summed E-state index contributed by atoms with van der Waals surface area (Å²) >= 11 is 5.55. The molecule has 2 fully saturated rings. The quantitative estimate of drug-likeness (QED) is 0.631. The van der Waals surface area contributed by atoms with E-state index in [2.05, 4.69) is 10.2 Å². The average Bonchev–Trinajstić information content (AvgIpc) is 3.23. The van der Waals surface area contributed by atoms with E-state index in [1.165, 1.54) is 0 Å². The minimum atomic E-state index is -0.328. The lowest BCUT2D eigenvalue weighted by molar-refractivity contribution is -0.135. The molecule has 0 bridgehead atoms. The van der Waals surface area contributed by atoms with Gasteiger partial charge in [-0.25, -0.2) is 4.79 Å². The lowest BCUT2D eigenvalue weighted by Crippen LogP contribution is -2.47. The normalized spacial score (nSPS) is 19.7. The summed E-state index contributed by atoms with van der Waals surface area (Å²) in [5.41, 5.74) is 1.34.